The molecule has 0 fully saturated rings. The first-order valence-electron chi connectivity index (χ1n) is 7.62. The average molecular weight is 427 g/mol. The molecule has 2 unspecified atom stereocenters. The van der Waals surface area contributed by atoms with Gasteiger partial charge in [-0.2, -0.15) is 0 Å². The third-order valence-corrected chi connectivity index (χ3v) is 4.90. The van der Waals surface area contributed by atoms with Crippen LogP contribution in [0.15, 0.2) is 18.2 Å². The van der Waals surface area contributed by atoms with Gasteiger partial charge in [0.25, 0.3) is 0 Å². The van der Waals surface area contributed by atoms with Gasteiger partial charge in [-0.15, -0.1) is 0 Å². The van der Waals surface area contributed by atoms with Gasteiger partial charge in [0.05, 0.1) is 11.8 Å². The van der Waals surface area contributed by atoms with E-state index in [1.807, 2.05) is 0 Å². The van der Waals surface area contributed by atoms with Gasteiger partial charge in [-0.25, -0.2) is 30.7 Å². The monoisotopic (exact) mass is 427 g/mol. The maximum absolute atomic E-state index is 13.7. The minimum atomic E-state index is -2.35. The minimum absolute atomic E-state index is 0.0692. The van der Waals surface area contributed by atoms with E-state index in [9.17, 15) is 39.7 Å². The summed E-state index contributed by atoms with van der Waals surface area (Å²) in [7, 11) is -2.33. The van der Waals surface area contributed by atoms with Gasteiger partial charge in [-0.1, -0.05) is 6.07 Å². The van der Waals surface area contributed by atoms with Gasteiger partial charge in [0, 0.05) is 28.0 Å². The summed E-state index contributed by atoms with van der Waals surface area (Å²) < 4.78 is 105. The summed E-state index contributed by atoms with van der Waals surface area (Å²) in [6.07, 6.45) is 0. The van der Waals surface area contributed by atoms with Crippen molar-refractivity contribution in [2.45, 2.75) is 18.7 Å². The van der Waals surface area contributed by atoms with Crippen LogP contribution in [0.1, 0.15) is 24.1 Å². The molecule has 0 spiro atoms. The van der Waals surface area contributed by atoms with Crippen molar-refractivity contribution in [2.24, 2.45) is 0 Å². The van der Waals surface area contributed by atoms with E-state index in [0.29, 0.717) is 6.07 Å². The number of benzene rings is 2. The highest BCUT2D eigenvalue weighted by molar-refractivity contribution is 7.84. The fourth-order valence-electron chi connectivity index (χ4n) is 2.35. The maximum Gasteiger partial charge on any atom is 0.233 e. The normalized spacial score (nSPS) is 13.3. The number of amides is 1. The van der Waals surface area contributed by atoms with Gasteiger partial charge in [0.1, 0.15) is 17.4 Å². The lowest BCUT2D eigenvalue weighted by Crippen LogP contribution is -2.31. The Morgan fingerprint density at radius 1 is 0.964 bits per heavy atom. The minimum Gasteiger partial charge on any atom is -0.349 e. The number of carbonyl (C=O) groups excluding carboxylic acids is 1. The van der Waals surface area contributed by atoms with Gasteiger partial charge >= 0.3 is 0 Å². The van der Waals surface area contributed by atoms with Crippen LogP contribution in [-0.4, -0.2) is 15.9 Å². The van der Waals surface area contributed by atoms with E-state index in [2.05, 4.69) is 5.32 Å². The van der Waals surface area contributed by atoms with Crippen LogP contribution >= 0.6 is 0 Å². The molecule has 0 heterocycles. The van der Waals surface area contributed by atoms with Gasteiger partial charge in [-0.05, 0) is 13.0 Å². The standard InChI is InChI=1S/C17H12F7NO2S/c1-7(9-3-2-8(18)4-11(9)19)25-12(26)6-28(27)5-10-13(20)15(22)17(24)16(23)14(10)21/h2-4,7H,5-6H2,1H3,(H,25,26). The third kappa shape index (κ3) is 4.70. The SMILES string of the molecule is CC(NC(=O)CS(=O)Cc1c(F)c(F)c(F)c(F)c1F)c1ccc(F)cc1F. The Kier molecular flexibility index (Phi) is 6.81. The zero-order chi connectivity index (χ0) is 21.2. The molecule has 2 atom stereocenters. The van der Waals surface area contributed by atoms with E-state index >= 15 is 0 Å². The smallest absolute Gasteiger partial charge is 0.233 e. The Bertz CT molecular complexity index is 923. The lowest BCUT2D eigenvalue weighted by atomic mass is 10.1. The molecule has 0 aliphatic heterocycles. The zero-order valence-corrected chi connectivity index (χ0v) is 14.9. The second-order valence-electron chi connectivity index (χ2n) is 5.73. The number of rotatable bonds is 6. The molecule has 0 bridgehead atoms. The second kappa shape index (κ2) is 8.72. The van der Waals surface area contributed by atoms with Crippen molar-refractivity contribution in [3.63, 3.8) is 0 Å². The summed E-state index contributed by atoms with van der Waals surface area (Å²) >= 11 is 0. The van der Waals surface area contributed by atoms with E-state index in [-0.39, 0.29) is 5.56 Å². The van der Waals surface area contributed by atoms with Gasteiger partial charge < -0.3 is 5.32 Å². The third-order valence-electron chi connectivity index (χ3n) is 3.70. The molecule has 1 amide bonds. The molecule has 152 valence electrons. The largest absolute Gasteiger partial charge is 0.349 e. The molecule has 28 heavy (non-hydrogen) atoms. The molecule has 0 saturated heterocycles. The molecule has 2 rings (SSSR count). The zero-order valence-electron chi connectivity index (χ0n) is 14.1. The molecular weight excluding hydrogens is 415 g/mol. The lowest BCUT2D eigenvalue weighted by Gasteiger charge is -2.15. The topological polar surface area (TPSA) is 46.2 Å². The van der Waals surface area contributed by atoms with Gasteiger partial charge in [0.2, 0.25) is 11.7 Å². The van der Waals surface area contributed by atoms with Crippen molar-refractivity contribution in [1.82, 2.24) is 5.32 Å². The van der Waals surface area contributed by atoms with Crippen molar-refractivity contribution >= 4 is 16.7 Å². The number of hydrogen-bond donors (Lipinski definition) is 1. The molecule has 11 heteroatoms. The van der Waals surface area contributed by atoms with Crippen LogP contribution in [0.2, 0.25) is 0 Å². The van der Waals surface area contributed by atoms with Crippen molar-refractivity contribution in [3.8, 4) is 0 Å². The molecule has 1 N–H and O–H groups in total. The molecule has 0 saturated carbocycles. The Balaban J connectivity index is 2.07. The predicted octanol–water partition coefficient (Wildman–Crippen LogP) is 3.79. The Hall–Kier alpha value is -2.43. The summed E-state index contributed by atoms with van der Waals surface area (Å²) in [5, 5.41) is 2.24. The molecular formula is C17H12F7NO2S. The quantitative estimate of drug-likeness (QED) is 0.433. The highest BCUT2D eigenvalue weighted by Crippen LogP contribution is 2.24. The number of nitrogens with one attached hydrogen (secondary N) is 1. The number of halogens is 7. The van der Waals surface area contributed by atoms with Crippen LogP contribution in [0.5, 0.6) is 0 Å². The van der Waals surface area contributed by atoms with Gasteiger partial charge in [0.15, 0.2) is 23.3 Å². The summed E-state index contributed by atoms with van der Waals surface area (Å²) in [6, 6.07) is 1.68. The van der Waals surface area contributed by atoms with Crippen molar-refractivity contribution in [1.29, 1.82) is 0 Å². The molecule has 2 aromatic carbocycles. The fourth-order valence-corrected chi connectivity index (χ4v) is 3.40. The van der Waals surface area contributed by atoms with E-state index in [0.717, 1.165) is 12.1 Å². The van der Waals surface area contributed by atoms with Crippen molar-refractivity contribution in [2.75, 3.05) is 5.75 Å². The highest BCUT2D eigenvalue weighted by Gasteiger charge is 2.27. The van der Waals surface area contributed by atoms with Crippen LogP contribution in [0.4, 0.5) is 30.7 Å². The summed E-state index contributed by atoms with van der Waals surface area (Å²) in [5.41, 5.74) is -1.37. The van der Waals surface area contributed by atoms with Crippen molar-refractivity contribution < 1.29 is 39.7 Å². The van der Waals surface area contributed by atoms with E-state index < -0.39 is 80.5 Å². The number of hydrogen-bond acceptors (Lipinski definition) is 2. The highest BCUT2D eigenvalue weighted by atomic mass is 32.2. The average Bonchev–Trinajstić information content (AvgIpc) is 2.61. The lowest BCUT2D eigenvalue weighted by molar-refractivity contribution is -0.119. The Labute approximate surface area is 157 Å². The number of carbonyl (C=O) groups is 1. The van der Waals surface area contributed by atoms with Crippen LogP contribution in [0.3, 0.4) is 0 Å². The molecule has 0 aromatic heterocycles. The first kappa shape index (κ1) is 21.9. The first-order chi connectivity index (χ1) is 13.0. The molecule has 0 radical (unpaired) electrons. The van der Waals surface area contributed by atoms with Crippen LogP contribution in [0, 0.1) is 40.7 Å². The molecule has 0 aliphatic rings. The van der Waals surface area contributed by atoms with Crippen LogP contribution in [-0.2, 0) is 21.3 Å². The van der Waals surface area contributed by atoms with E-state index in [1.54, 1.807) is 0 Å². The molecule has 2 aromatic rings. The maximum atomic E-state index is 13.7. The van der Waals surface area contributed by atoms with Crippen LogP contribution in [0.25, 0.3) is 0 Å². The van der Waals surface area contributed by atoms with E-state index in [4.69, 9.17) is 0 Å². The van der Waals surface area contributed by atoms with Gasteiger partial charge in [-0.3, -0.25) is 9.00 Å². The van der Waals surface area contributed by atoms with Crippen LogP contribution < -0.4 is 5.32 Å². The Morgan fingerprint density at radius 2 is 1.50 bits per heavy atom. The summed E-state index contributed by atoms with van der Waals surface area (Å²) in [6.45, 7) is 1.35. The summed E-state index contributed by atoms with van der Waals surface area (Å²) in [4.78, 5) is 11.9. The Morgan fingerprint density at radius 3 is 2.04 bits per heavy atom. The fraction of sp³-hybridized carbons (Fsp3) is 0.235. The molecule has 3 nitrogen and oxygen atoms in total. The van der Waals surface area contributed by atoms with E-state index in [1.165, 1.54) is 6.92 Å². The summed E-state index contributed by atoms with van der Waals surface area (Å²) in [5.74, 6) is -15.6. The molecule has 0 aliphatic carbocycles. The van der Waals surface area contributed by atoms with Crippen molar-refractivity contribution in [3.05, 3.63) is 70.0 Å². The predicted molar refractivity (Wildman–Crippen MR) is 85.9 cm³/mol. The second-order valence-corrected chi connectivity index (χ2v) is 7.19. The first-order valence-corrected chi connectivity index (χ1v) is 9.11.